The molecule has 0 spiro atoms. The minimum Gasteiger partial charge on any atom is -0.497 e. The highest BCUT2D eigenvalue weighted by molar-refractivity contribution is 6.23. The molecule has 2 aromatic rings. The number of piperazine rings is 1. The summed E-state index contributed by atoms with van der Waals surface area (Å²) in [6.07, 6.45) is 0.0808. The monoisotopic (exact) mass is 438 g/mol. The highest BCUT2D eigenvalue weighted by Crippen LogP contribution is 2.36. The second-order valence-electron chi connectivity index (χ2n) is 7.59. The predicted molar refractivity (Wildman–Crippen MR) is 115 cm³/mol. The lowest BCUT2D eigenvalue weighted by molar-refractivity contribution is -0.123. The molecule has 0 aliphatic carbocycles. The van der Waals surface area contributed by atoms with Crippen molar-refractivity contribution in [3.05, 3.63) is 47.8 Å². The minimum absolute atomic E-state index is 0.0193. The quantitative estimate of drug-likeness (QED) is 0.662. The fourth-order valence-electron chi connectivity index (χ4n) is 4.29. The summed E-state index contributed by atoms with van der Waals surface area (Å²) in [5.41, 5.74) is 0.958. The lowest BCUT2D eigenvalue weighted by atomic mass is 10.1. The minimum atomic E-state index is -0.570. The van der Waals surface area contributed by atoms with Crippen LogP contribution in [0.1, 0.15) is 12.0 Å². The van der Waals surface area contributed by atoms with Crippen LogP contribution in [0.15, 0.2) is 36.4 Å². The summed E-state index contributed by atoms with van der Waals surface area (Å²) >= 11 is 0. The van der Waals surface area contributed by atoms with Gasteiger partial charge in [0.1, 0.15) is 28.9 Å². The molecule has 1 unspecified atom stereocenters. The van der Waals surface area contributed by atoms with Gasteiger partial charge in [0, 0.05) is 32.2 Å². The van der Waals surface area contributed by atoms with E-state index in [0.29, 0.717) is 49.1 Å². The molecule has 2 saturated heterocycles. The van der Waals surface area contributed by atoms with Gasteiger partial charge in [0.15, 0.2) is 0 Å². The van der Waals surface area contributed by atoms with Crippen molar-refractivity contribution in [2.24, 2.45) is 0 Å². The molecule has 2 amide bonds. The Morgan fingerprint density at radius 1 is 1.03 bits per heavy atom. The number of nitriles is 1. The topological polar surface area (TPSA) is 86.1 Å². The van der Waals surface area contributed by atoms with Crippen LogP contribution in [0.5, 0.6) is 11.5 Å². The van der Waals surface area contributed by atoms with Gasteiger partial charge in [-0.15, -0.1) is 0 Å². The van der Waals surface area contributed by atoms with E-state index >= 15 is 0 Å². The van der Waals surface area contributed by atoms with Gasteiger partial charge < -0.3 is 14.4 Å². The smallest absolute Gasteiger partial charge is 0.251 e. The summed E-state index contributed by atoms with van der Waals surface area (Å²) in [5.74, 6) is -0.190. The average Bonchev–Trinajstić information content (AvgIpc) is 3.12. The Hall–Kier alpha value is -3.64. The summed E-state index contributed by atoms with van der Waals surface area (Å²) in [5, 5.41) is 9.30. The molecule has 4 rings (SSSR count). The molecule has 0 saturated carbocycles. The second kappa shape index (κ2) is 8.85. The number of anilines is 2. The number of amides is 2. The number of imide groups is 1. The maximum absolute atomic E-state index is 14.0. The molecule has 0 radical (unpaired) electrons. The fourth-order valence-corrected chi connectivity index (χ4v) is 4.29. The van der Waals surface area contributed by atoms with Gasteiger partial charge in [-0.1, -0.05) is 6.07 Å². The Balaban J connectivity index is 1.49. The van der Waals surface area contributed by atoms with E-state index in [-0.39, 0.29) is 23.8 Å². The largest absolute Gasteiger partial charge is 0.497 e. The Morgan fingerprint density at radius 2 is 1.78 bits per heavy atom. The highest BCUT2D eigenvalue weighted by Gasteiger charge is 2.44. The maximum Gasteiger partial charge on any atom is 0.251 e. The van der Waals surface area contributed by atoms with E-state index in [1.165, 1.54) is 25.2 Å². The molecular formula is C23H23FN4O4. The number of carbonyl (C=O) groups is 2. The second-order valence-corrected chi connectivity index (χ2v) is 7.59. The third-order valence-corrected chi connectivity index (χ3v) is 5.95. The van der Waals surface area contributed by atoms with Crippen LogP contribution in [0.3, 0.4) is 0 Å². The molecule has 0 bridgehead atoms. The van der Waals surface area contributed by atoms with Crippen LogP contribution in [0.4, 0.5) is 15.8 Å². The van der Waals surface area contributed by atoms with Crippen LogP contribution in [-0.2, 0) is 9.59 Å². The van der Waals surface area contributed by atoms with Gasteiger partial charge in [0.05, 0.1) is 38.1 Å². The molecule has 8 nitrogen and oxygen atoms in total. The molecule has 1 atom stereocenters. The summed E-state index contributed by atoms with van der Waals surface area (Å²) < 4.78 is 24.5. The van der Waals surface area contributed by atoms with Crippen molar-refractivity contribution < 1.29 is 23.5 Å². The summed E-state index contributed by atoms with van der Waals surface area (Å²) in [6, 6.07) is 10.9. The van der Waals surface area contributed by atoms with Crippen LogP contribution < -0.4 is 19.3 Å². The van der Waals surface area contributed by atoms with E-state index in [0.717, 1.165) is 0 Å². The SMILES string of the molecule is COc1ccc(N2C(=O)CC(N3CCN(c4cccc(F)c4C#N)CC3)C2=O)c(OC)c1. The number of benzene rings is 2. The van der Waals surface area contributed by atoms with Gasteiger partial charge in [-0.05, 0) is 24.3 Å². The third kappa shape index (κ3) is 3.74. The number of carbonyl (C=O) groups excluding carboxylic acids is 2. The first-order chi connectivity index (χ1) is 15.5. The first-order valence-electron chi connectivity index (χ1n) is 10.2. The number of nitrogens with zero attached hydrogens (tertiary/aromatic N) is 4. The lowest BCUT2D eigenvalue weighted by Crippen LogP contribution is -2.52. The lowest BCUT2D eigenvalue weighted by Gasteiger charge is -2.38. The Bertz CT molecular complexity index is 1090. The van der Waals surface area contributed by atoms with E-state index in [1.54, 1.807) is 30.3 Å². The molecular weight excluding hydrogens is 415 g/mol. The van der Waals surface area contributed by atoms with Crippen molar-refractivity contribution in [1.82, 2.24) is 4.90 Å². The van der Waals surface area contributed by atoms with Crippen LogP contribution in [0.25, 0.3) is 0 Å². The fraction of sp³-hybridized carbons (Fsp3) is 0.348. The number of methoxy groups -OCH3 is 2. The Morgan fingerprint density at radius 3 is 2.44 bits per heavy atom. The van der Waals surface area contributed by atoms with Gasteiger partial charge in [0.25, 0.3) is 5.91 Å². The van der Waals surface area contributed by atoms with Gasteiger partial charge in [-0.2, -0.15) is 5.26 Å². The zero-order chi connectivity index (χ0) is 22.8. The molecule has 2 aliphatic rings. The zero-order valence-electron chi connectivity index (χ0n) is 17.9. The van der Waals surface area contributed by atoms with Crippen molar-refractivity contribution in [2.45, 2.75) is 12.5 Å². The van der Waals surface area contributed by atoms with Crippen molar-refractivity contribution >= 4 is 23.2 Å². The van der Waals surface area contributed by atoms with Crippen molar-refractivity contribution in [3.63, 3.8) is 0 Å². The summed E-state index contributed by atoms with van der Waals surface area (Å²) in [6.45, 7) is 2.06. The predicted octanol–water partition coefficient (Wildman–Crippen LogP) is 2.17. The molecule has 0 aromatic heterocycles. The first kappa shape index (κ1) is 21.6. The van der Waals surface area contributed by atoms with Gasteiger partial charge in [-0.3, -0.25) is 14.5 Å². The molecule has 32 heavy (non-hydrogen) atoms. The Kier molecular flexibility index (Phi) is 5.97. The van der Waals surface area contributed by atoms with Crippen LogP contribution in [0, 0.1) is 17.1 Å². The molecule has 9 heteroatoms. The number of rotatable bonds is 5. The van der Waals surface area contributed by atoms with Gasteiger partial charge >= 0.3 is 0 Å². The van der Waals surface area contributed by atoms with E-state index in [2.05, 4.69) is 0 Å². The van der Waals surface area contributed by atoms with E-state index in [9.17, 15) is 19.2 Å². The van der Waals surface area contributed by atoms with E-state index in [1.807, 2.05) is 15.9 Å². The molecule has 0 N–H and O–H groups in total. The first-order valence-corrected chi connectivity index (χ1v) is 10.2. The van der Waals surface area contributed by atoms with Gasteiger partial charge in [0.2, 0.25) is 5.91 Å². The molecule has 166 valence electrons. The van der Waals surface area contributed by atoms with E-state index < -0.39 is 11.9 Å². The van der Waals surface area contributed by atoms with Crippen molar-refractivity contribution in [2.75, 3.05) is 50.2 Å². The standard InChI is InChI=1S/C23H23FN4O4/c1-31-15-6-7-19(21(12-15)32-2)28-22(29)13-20(23(28)30)27-10-8-26(9-11-27)18-5-3-4-17(24)16(18)14-25/h3-7,12,20H,8-11,13H2,1-2H3. The Labute approximate surface area is 185 Å². The van der Waals surface area contributed by atoms with Crippen LogP contribution in [-0.4, -0.2) is 63.2 Å². The van der Waals surface area contributed by atoms with Crippen LogP contribution >= 0.6 is 0 Å². The normalized spacial score (nSPS) is 19.2. The number of hydrogen-bond acceptors (Lipinski definition) is 7. The number of hydrogen-bond donors (Lipinski definition) is 0. The molecule has 2 aliphatic heterocycles. The van der Waals surface area contributed by atoms with E-state index in [4.69, 9.17) is 9.47 Å². The zero-order valence-corrected chi connectivity index (χ0v) is 17.9. The average molecular weight is 438 g/mol. The molecule has 2 aromatic carbocycles. The van der Waals surface area contributed by atoms with Gasteiger partial charge in [-0.25, -0.2) is 9.29 Å². The van der Waals surface area contributed by atoms with Crippen molar-refractivity contribution in [3.8, 4) is 17.6 Å². The third-order valence-electron chi connectivity index (χ3n) is 5.95. The maximum atomic E-state index is 14.0. The molecule has 2 fully saturated rings. The highest BCUT2D eigenvalue weighted by atomic mass is 19.1. The molecule has 2 heterocycles. The van der Waals surface area contributed by atoms with Crippen molar-refractivity contribution in [1.29, 1.82) is 5.26 Å². The number of ether oxygens (including phenoxy) is 2. The number of halogens is 1. The summed E-state index contributed by atoms with van der Waals surface area (Å²) in [4.78, 5) is 31.1. The summed E-state index contributed by atoms with van der Waals surface area (Å²) in [7, 11) is 3.00. The van der Waals surface area contributed by atoms with Crippen LogP contribution in [0.2, 0.25) is 0 Å².